The van der Waals surface area contributed by atoms with Crippen LogP contribution in [0, 0.1) is 25.7 Å². The van der Waals surface area contributed by atoms with E-state index in [1.54, 1.807) is 0 Å². The number of aryl methyl sites for hydroxylation is 2. The summed E-state index contributed by atoms with van der Waals surface area (Å²) in [4.78, 5) is 0. The summed E-state index contributed by atoms with van der Waals surface area (Å²) in [5.41, 5.74) is 9.95. The summed E-state index contributed by atoms with van der Waals surface area (Å²) in [6.45, 7) is 6.11. The second-order valence-electron chi connectivity index (χ2n) is 4.01. The van der Waals surface area contributed by atoms with Crippen molar-refractivity contribution in [3.63, 3.8) is 0 Å². The smallest absolute Gasteiger partial charge is 0.0244 e. The third-order valence-electron chi connectivity index (χ3n) is 2.61. The second kappa shape index (κ2) is 5.58. The van der Waals surface area contributed by atoms with Gasteiger partial charge in [-0.15, -0.1) is 11.8 Å². The van der Waals surface area contributed by atoms with Crippen LogP contribution in [0.3, 0.4) is 0 Å². The van der Waals surface area contributed by atoms with E-state index in [0.29, 0.717) is 0 Å². The van der Waals surface area contributed by atoms with E-state index < -0.39 is 0 Å². The first kappa shape index (κ1) is 11.8. The standard InChI is InChI=1S/C14H19N/c1-4-5-6-14(15)10-13-8-7-11(2)12(3)9-13/h7-9,14H,6,10,15H2,1-3H3. The summed E-state index contributed by atoms with van der Waals surface area (Å²) in [7, 11) is 0. The summed E-state index contributed by atoms with van der Waals surface area (Å²) in [5, 5.41) is 0. The highest BCUT2D eigenvalue weighted by atomic mass is 14.6. The van der Waals surface area contributed by atoms with Crippen LogP contribution in [-0.2, 0) is 6.42 Å². The monoisotopic (exact) mass is 201 g/mol. The first-order valence-corrected chi connectivity index (χ1v) is 5.34. The molecule has 2 N–H and O–H groups in total. The highest BCUT2D eigenvalue weighted by Gasteiger charge is 2.03. The Morgan fingerprint density at radius 1 is 1.27 bits per heavy atom. The van der Waals surface area contributed by atoms with E-state index in [-0.39, 0.29) is 6.04 Å². The highest BCUT2D eigenvalue weighted by Crippen LogP contribution is 2.11. The van der Waals surface area contributed by atoms with Crippen molar-refractivity contribution in [3.05, 3.63) is 34.9 Å². The molecule has 15 heavy (non-hydrogen) atoms. The van der Waals surface area contributed by atoms with Gasteiger partial charge < -0.3 is 5.73 Å². The number of hydrogen-bond donors (Lipinski definition) is 1. The Morgan fingerprint density at radius 2 is 2.00 bits per heavy atom. The molecule has 1 unspecified atom stereocenters. The lowest BCUT2D eigenvalue weighted by molar-refractivity contribution is 0.688. The third kappa shape index (κ3) is 3.77. The minimum Gasteiger partial charge on any atom is -0.327 e. The summed E-state index contributed by atoms with van der Waals surface area (Å²) >= 11 is 0. The van der Waals surface area contributed by atoms with E-state index in [2.05, 4.69) is 43.9 Å². The average molecular weight is 201 g/mol. The van der Waals surface area contributed by atoms with Crippen molar-refractivity contribution in [1.29, 1.82) is 0 Å². The number of hydrogen-bond acceptors (Lipinski definition) is 1. The third-order valence-corrected chi connectivity index (χ3v) is 2.61. The zero-order valence-corrected chi connectivity index (χ0v) is 9.80. The average Bonchev–Trinajstić information content (AvgIpc) is 2.20. The Morgan fingerprint density at radius 3 is 2.60 bits per heavy atom. The molecule has 1 atom stereocenters. The summed E-state index contributed by atoms with van der Waals surface area (Å²) in [5.74, 6) is 5.89. The van der Waals surface area contributed by atoms with Gasteiger partial charge >= 0.3 is 0 Å². The van der Waals surface area contributed by atoms with E-state index in [9.17, 15) is 0 Å². The molecule has 0 aromatic heterocycles. The number of benzene rings is 1. The number of nitrogens with two attached hydrogens (primary N) is 1. The van der Waals surface area contributed by atoms with Crippen LogP contribution in [0.5, 0.6) is 0 Å². The molecule has 80 valence electrons. The second-order valence-corrected chi connectivity index (χ2v) is 4.01. The van der Waals surface area contributed by atoms with E-state index in [4.69, 9.17) is 5.73 Å². The predicted octanol–water partition coefficient (Wildman–Crippen LogP) is 2.59. The van der Waals surface area contributed by atoms with E-state index in [1.807, 2.05) is 6.92 Å². The van der Waals surface area contributed by atoms with Gasteiger partial charge in [-0.3, -0.25) is 0 Å². The molecule has 1 heteroatoms. The normalized spacial score (nSPS) is 11.7. The fourth-order valence-corrected chi connectivity index (χ4v) is 1.54. The van der Waals surface area contributed by atoms with Gasteiger partial charge in [0, 0.05) is 12.5 Å². The lowest BCUT2D eigenvalue weighted by Crippen LogP contribution is -2.22. The lowest BCUT2D eigenvalue weighted by atomic mass is 10.00. The van der Waals surface area contributed by atoms with Crippen molar-refractivity contribution in [3.8, 4) is 11.8 Å². The molecule has 0 saturated carbocycles. The largest absolute Gasteiger partial charge is 0.327 e. The molecule has 0 aliphatic carbocycles. The van der Waals surface area contributed by atoms with Gasteiger partial charge in [0.1, 0.15) is 0 Å². The molecule has 0 heterocycles. The van der Waals surface area contributed by atoms with Crippen molar-refractivity contribution in [2.45, 2.75) is 39.7 Å². The fourth-order valence-electron chi connectivity index (χ4n) is 1.54. The zero-order valence-electron chi connectivity index (χ0n) is 9.80. The van der Waals surface area contributed by atoms with Crippen LogP contribution in [0.1, 0.15) is 30.0 Å². The van der Waals surface area contributed by atoms with Gasteiger partial charge in [0.2, 0.25) is 0 Å². The molecule has 0 bridgehead atoms. The Hall–Kier alpha value is -1.26. The molecule has 0 radical (unpaired) electrons. The Kier molecular flexibility index (Phi) is 4.39. The molecule has 0 aliphatic rings. The van der Waals surface area contributed by atoms with Crippen LogP contribution in [-0.4, -0.2) is 6.04 Å². The quantitative estimate of drug-likeness (QED) is 0.747. The Bertz CT molecular complexity index is 382. The predicted molar refractivity (Wildman–Crippen MR) is 65.7 cm³/mol. The van der Waals surface area contributed by atoms with E-state index >= 15 is 0 Å². The van der Waals surface area contributed by atoms with Gasteiger partial charge in [-0.1, -0.05) is 18.2 Å². The molecule has 0 saturated heterocycles. The molecule has 1 rings (SSSR count). The SMILES string of the molecule is CC#CCC(N)Cc1ccc(C)c(C)c1. The van der Waals surface area contributed by atoms with Gasteiger partial charge in [-0.05, 0) is 43.9 Å². The summed E-state index contributed by atoms with van der Waals surface area (Å²) in [6, 6.07) is 6.68. The minimum absolute atomic E-state index is 0.152. The number of rotatable bonds is 3. The maximum Gasteiger partial charge on any atom is 0.0244 e. The van der Waals surface area contributed by atoms with Crippen molar-refractivity contribution < 1.29 is 0 Å². The molecular formula is C14H19N. The van der Waals surface area contributed by atoms with Crippen LogP contribution in [0.25, 0.3) is 0 Å². The van der Waals surface area contributed by atoms with Crippen LogP contribution < -0.4 is 5.73 Å². The van der Waals surface area contributed by atoms with Gasteiger partial charge in [0.25, 0.3) is 0 Å². The van der Waals surface area contributed by atoms with Gasteiger partial charge in [0.15, 0.2) is 0 Å². The maximum absolute atomic E-state index is 5.98. The summed E-state index contributed by atoms with van der Waals surface area (Å²) < 4.78 is 0. The topological polar surface area (TPSA) is 26.0 Å². The fraction of sp³-hybridized carbons (Fsp3) is 0.429. The van der Waals surface area contributed by atoms with Crippen LogP contribution in [0.15, 0.2) is 18.2 Å². The molecule has 0 aliphatic heterocycles. The molecule has 1 nitrogen and oxygen atoms in total. The zero-order chi connectivity index (χ0) is 11.3. The Labute approximate surface area is 92.7 Å². The van der Waals surface area contributed by atoms with Gasteiger partial charge in [0.05, 0.1) is 0 Å². The van der Waals surface area contributed by atoms with Gasteiger partial charge in [-0.2, -0.15) is 0 Å². The Balaban J connectivity index is 2.63. The first-order chi connectivity index (χ1) is 7.13. The molecule has 0 spiro atoms. The van der Waals surface area contributed by atoms with Crippen molar-refractivity contribution >= 4 is 0 Å². The van der Waals surface area contributed by atoms with Crippen LogP contribution >= 0.6 is 0 Å². The molecule has 0 amide bonds. The minimum atomic E-state index is 0.152. The maximum atomic E-state index is 5.98. The van der Waals surface area contributed by atoms with E-state index in [0.717, 1.165) is 12.8 Å². The van der Waals surface area contributed by atoms with E-state index in [1.165, 1.54) is 16.7 Å². The van der Waals surface area contributed by atoms with Gasteiger partial charge in [-0.25, -0.2) is 0 Å². The van der Waals surface area contributed by atoms with Crippen LogP contribution in [0.4, 0.5) is 0 Å². The summed E-state index contributed by atoms with van der Waals surface area (Å²) in [6.07, 6.45) is 1.69. The van der Waals surface area contributed by atoms with Crippen molar-refractivity contribution in [2.75, 3.05) is 0 Å². The molecular weight excluding hydrogens is 182 g/mol. The molecule has 1 aromatic carbocycles. The highest BCUT2D eigenvalue weighted by molar-refractivity contribution is 5.30. The lowest BCUT2D eigenvalue weighted by Gasteiger charge is -2.09. The van der Waals surface area contributed by atoms with Crippen LogP contribution in [0.2, 0.25) is 0 Å². The molecule has 0 fully saturated rings. The van der Waals surface area contributed by atoms with Crippen molar-refractivity contribution in [1.82, 2.24) is 0 Å². The molecule has 1 aromatic rings. The van der Waals surface area contributed by atoms with Crippen molar-refractivity contribution in [2.24, 2.45) is 5.73 Å². The first-order valence-electron chi connectivity index (χ1n) is 5.34.